The Morgan fingerprint density at radius 1 is 1.14 bits per heavy atom. The van der Waals surface area contributed by atoms with Gasteiger partial charge in [0.15, 0.2) is 0 Å². The molecule has 3 aliphatic heterocycles. The van der Waals surface area contributed by atoms with Gasteiger partial charge in [-0.1, -0.05) is 67.4 Å². The summed E-state index contributed by atoms with van der Waals surface area (Å²) in [5.41, 5.74) is 4.73. The van der Waals surface area contributed by atoms with E-state index in [4.69, 9.17) is 33.7 Å². The number of fused-ring (bicyclic) bond motifs is 3. The molecule has 0 bridgehead atoms. The summed E-state index contributed by atoms with van der Waals surface area (Å²) < 4.78 is 48.6. The molecular formula is C32H38Cl2FN5O7S2. The molecule has 0 radical (unpaired) electrons. The van der Waals surface area contributed by atoms with Crippen LogP contribution in [-0.2, 0) is 42.2 Å². The van der Waals surface area contributed by atoms with Crippen molar-refractivity contribution >= 4 is 68.4 Å². The number of hydrogen-bond acceptors (Lipinski definition) is 9. The summed E-state index contributed by atoms with van der Waals surface area (Å²) in [5, 5.41) is 2.80. The van der Waals surface area contributed by atoms with Gasteiger partial charge >= 0.3 is 6.09 Å². The van der Waals surface area contributed by atoms with Crippen LogP contribution in [-0.4, -0.2) is 71.8 Å². The first kappa shape index (κ1) is 35.8. The van der Waals surface area contributed by atoms with Crippen molar-refractivity contribution in [2.75, 3.05) is 6.54 Å². The van der Waals surface area contributed by atoms with Gasteiger partial charge in [0.1, 0.15) is 32.7 Å². The Morgan fingerprint density at radius 3 is 2.59 bits per heavy atom. The number of rotatable bonds is 4. The standard InChI is InChI=1S/C32H38Cl2FN5O7S2/c1-31(36)11-6-4-2-3-5-9-19-14-32(19,28(42)38-49(45,46)24-13-25(33)48-26(24)34)37-27(41)23-12-20(16-40(23)29(31)43)47-30(44)39-15-18-8-7-10-22(35)21(18)17-39/h7-8,10,13,19-20,23H,2-6,9,11-12,14-17,36H2,1H3,(H,37,41)(H,38,42). The lowest BCUT2D eigenvalue weighted by Gasteiger charge is -2.33. The van der Waals surface area contributed by atoms with E-state index in [0.29, 0.717) is 30.4 Å². The highest BCUT2D eigenvalue weighted by Crippen LogP contribution is 2.48. The first-order chi connectivity index (χ1) is 23.1. The number of carbonyl (C=O) groups is 4. The second-order valence-electron chi connectivity index (χ2n) is 13.7. The number of amides is 4. The van der Waals surface area contributed by atoms with Crippen LogP contribution in [0.2, 0.25) is 8.67 Å². The van der Waals surface area contributed by atoms with Crippen LogP contribution >= 0.6 is 34.5 Å². The lowest BCUT2D eigenvalue weighted by Crippen LogP contribution is -2.60. The third-order valence-corrected chi connectivity index (χ3v) is 13.1. The van der Waals surface area contributed by atoms with Gasteiger partial charge < -0.3 is 20.7 Å². The fourth-order valence-corrected chi connectivity index (χ4v) is 10.4. The Morgan fingerprint density at radius 2 is 1.88 bits per heavy atom. The van der Waals surface area contributed by atoms with E-state index < -0.39 is 62.9 Å². The van der Waals surface area contributed by atoms with Crippen LogP contribution in [0.3, 0.4) is 0 Å². The normalized spacial score (nSPS) is 29.2. The number of ether oxygens (including phenoxy) is 1. The first-order valence-corrected chi connectivity index (χ1v) is 19.3. The average molecular weight is 759 g/mol. The zero-order valence-electron chi connectivity index (χ0n) is 26.8. The number of halogens is 3. The van der Waals surface area contributed by atoms with Gasteiger partial charge in [-0.15, -0.1) is 11.3 Å². The summed E-state index contributed by atoms with van der Waals surface area (Å²) in [6, 6.07) is 4.60. The van der Waals surface area contributed by atoms with Gasteiger partial charge in [-0.3, -0.25) is 19.3 Å². The molecule has 4 amide bonds. The minimum absolute atomic E-state index is 0.0196. The van der Waals surface area contributed by atoms with Crippen LogP contribution in [0.4, 0.5) is 9.18 Å². The van der Waals surface area contributed by atoms with Crippen LogP contribution in [0.1, 0.15) is 75.8 Å². The van der Waals surface area contributed by atoms with Gasteiger partial charge in [-0.25, -0.2) is 22.3 Å². The Balaban J connectivity index is 1.23. The van der Waals surface area contributed by atoms with Crippen LogP contribution in [0.15, 0.2) is 29.2 Å². The van der Waals surface area contributed by atoms with Crippen LogP contribution in [0, 0.1) is 11.7 Å². The number of carbonyl (C=O) groups excluding carboxylic acids is 4. The summed E-state index contributed by atoms with van der Waals surface area (Å²) >= 11 is 12.9. The molecule has 3 fully saturated rings. The van der Waals surface area contributed by atoms with Gasteiger partial charge in [0, 0.05) is 18.5 Å². The summed E-state index contributed by atoms with van der Waals surface area (Å²) in [4.78, 5) is 57.3. The maximum Gasteiger partial charge on any atom is 0.410 e. The molecule has 5 unspecified atom stereocenters. The molecule has 5 atom stereocenters. The molecule has 49 heavy (non-hydrogen) atoms. The smallest absolute Gasteiger partial charge is 0.410 e. The van der Waals surface area contributed by atoms with E-state index in [0.717, 1.165) is 43.1 Å². The fraction of sp³-hybridized carbons (Fsp3) is 0.562. The van der Waals surface area contributed by atoms with E-state index in [1.165, 1.54) is 15.9 Å². The lowest BCUT2D eigenvalue weighted by molar-refractivity contribution is -0.143. The molecule has 2 aromatic rings. The van der Waals surface area contributed by atoms with E-state index in [9.17, 15) is 32.0 Å². The Bertz CT molecular complexity index is 1790. The predicted octanol–water partition coefficient (Wildman–Crippen LogP) is 4.46. The second kappa shape index (κ2) is 13.6. The van der Waals surface area contributed by atoms with Crippen molar-refractivity contribution in [3.63, 3.8) is 0 Å². The van der Waals surface area contributed by atoms with Crippen molar-refractivity contribution in [3.05, 3.63) is 49.9 Å². The van der Waals surface area contributed by atoms with Crippen LogP contribution in [0.5, 0.6) is 0 Å². The molecule has 1 aromatic carbocycles. The third kappa shape index (κ3) is 7.27. The molecule has 1 saturated carbocycles. The van der Waals surface area contributed by atoms with Gasteiger partial charge in [-0.2, -0.15) is 0 Å². The number of thiophene rings is 1. The predicted molar refractivity (Wildman–Crippen MR) is 180 cm³/mol. The molecule has 1 aliphatic carbocycles. The fourth-order valence-electron chi connectivity index (χ4n) is 7.18. The summed E-state index contributed by atoms with van der Waals surface area (Å²) in [6.45, 7) is 1.65. The van der Waals surface area contributed by atoms with E-state index in [1.807, 2.05) is 0 Å². The Hall–Kier alpha value is -2.98. The molecule has 4 aliphatic rings. The minimum atomic E-state index is -4.43. The lowest BCUT2D eigenvalue weighted by atomic mass is 9.93. The highest BCUT2D eigenvalue weighted by molar-refractivity contribution is 7.90. The van der Waals surface area contributed by atoms with Crippen molar-refractivity contribution in [2.24, 2.45) is 11.7 Å². The van der Waals surface area contributed by atoms with Gasteiger partial charge in [-0.05, 0) is 49.8 Å². The molecule has 4 heterocycles. The SMILES string of the molecule is CC1(N)CCCCCCCC2CC2(C(=O)NS(=O)(=O)c2cc(Cl)sc2Cl)NC(=O)C2CC(OC(=O)N3Cc4cccc(F)c4C3)CN2C1=O. The van der Waals surface area contributed by atoms with E-state index in [1.54, 1.807) is 19.1 Å². The van der Waals surface area contributed by atoms with Gasteiger partial charge in [0.05, 0.1) is 23.0 Å². The third-order valence-electron chi connectivity index (χ3n) is 10.0. The molecule has 2 saturated heterocycles. The molecule has 12 nitrogen and oxygen atoms in total. The van der Waals surface area contributed by atoms with E-state index >= 15 is 0 Å². The second-order valence-corrected chi connectivity index (χ2v) is 17.6. The molecular weight excluding hydrogens is 720 g/mol. The summed E-state index contributed by atoms with van der Waals surface area (Å²) in [7, 11) is -4.43. The number of nitrogens with two attached hydrogens (primary N) is 1. The van der Waals surface area contributed by atoms with E-state index in [-0.39, 0.29) is 52.0 Å². The number of nitrogens with one attached hydrogen (secondary N) is 2. The first-order valence-electron chi connectivity index (χ1n) is 16.3. The molecule has 17 heteroatoms. The number of nitrogens with zero attached hydrogens (tertiary/aromatic N) is 2. The topological polar surface area (TPSA) is 168 Å². The summed E-state index contributed by atoms with van der Waals surface area (Å²) in [6.07, 6.45) is 3.44. The zero-order valence-corrected chi connectivity index (χ0v) is 30.0. The molecule has 6 rings (SSSR count). The maximum atomic E-state index is 14.3. The Labute approximate surface area is 297 Å². The summed E-state index contributed by atoms with van der Waals surface area (Å²) in [5.74, 6) is -2.89. The number of sulfonamides is 1. The molecule has 0 spiro atoms. The van der Waals surface area contributed by atoms with Crippen molar-refractivity contribution < 1.29 is 36.7 Å². The monoisotopic (exact) mass is 757 g/mol. The molecule has 1 aromatic heterocycles. The van der Waals surface area contributed by atoms with Crippen molar-refractivity contribution in [1.29, 1.82) is 0 Å². The minimum Gasteiger partial charge on any atom is -0.444 e. The van der Waals surface area contributed by atoms with Crippen LogP contribution in [0.25, 0.3) is 0 Å². The quantitative estimate of drug-likeness (QED) is 0.411. The van der Waals surface area contributed by atoms with Gasteiger partial charge in [0.25, 0.3) is 15.9 Å². The van der Waals surface area contributed by atoms with Crippen molar-refractivity contribution in [1.82, 2.24) is 19.8 Å². The largest absolute Gasteiger partial charge is 0.444 e. The average Bonchev–Trinajstić information content (AvgIpc) is 3.34. The Kier molecular flexibility index (Phi) is 9.96. The molecule has 266 valence electrons. The maximum absolute atomic E-state index is 14.3. The zero-order chi connectivity index (χ0) is 35.3. The van der Waals surface area contributed by atoms with Crippen molar-refractivity contribution in [3.8, 4) is 0 Å². The van der Waals surface area contributed by atoms with Gasteiger partial charge in [0.2, 0.25) is 11.8 Å². The van der Waals surface area contributed by atoms with Crippen molar-refractivity contribution in [2.45, 2.75) is 106 Å². The number of hydrogen-bond donors (Lipinski definition) is 3. The van der Waals surface area contributed by atoms with E-state index in [2.05, 4.69) is 10.0 Å². The van der Waals surface area contributed by atoms with Crippen LogP contribution < -0.4 is 15.8 Å². The molecule has 4 N–H and O–H groups in total. The highest BCUT2D eigenvalue weighted by atomic mass is 35.5. The number of benzene rings is 1. The highest BCUT2D eigenvalue weighted by Gasteiger charge is 2.62.